The van der Waals surface area contributed by atoms with E-state index in [0.717, 1.165) is 59.4 Å². The van der Waals surface area contributed by atoms with Crippen LogP contribution in [0, 0.1) is 13.8 Å². The van der Waals surface area contributed by atoms with Crippen LogP contribution in [0.1, 0.15) is 62.0 Å². The number of rotatable bonds is 6. The number of anilines is 1. The second-order valence-corrected chi connectivity index (χ2v) is 9.53. The zero-order valence-electron chi connectivity index (χ0n) is 19.1. The third kappa shape index (κ3) is 4.12. The van der Waals surface area contributed by atoms with Crippen molar-refractivity contribution in [3.8, 4) is 5.69 Å². The maximum absolute atomic E-state index is 9.63. The first kappa shape index (κ1) is 22.3. The molecule has 1 saturated heterocycles. The van der Waals surface area contributed by atoms with Gasteiger partial charge in [0.2, 0.25) is 0 Å². The summed E-state index contributed by atoms with van der Waals surface area (Å²) in [6.07, 6.45) is 8.43. The lowest BCUT2D eigenvalue weighted by molar-refractivity contribution is 0.262. The number of benzene rings is 1. The molecule has 3 heterocycles. The molecule has 4 rings (SSSR count). The number of aromatic nitrogens is 3. The molecule has 0 unspecified atom stereocenters. The van der Waals surface area contributed by atoms with Crippen LogP contribution in [-0.2, 0) is 12.8 Å². The Hall–Kier alpha value is -1.92. The van der Waals surface area contributed by atoms with Gasteiger partial charge >= 0.3 is 0 Å². The molecule has 5 nitrogen and oxygen atoms in total. The smallest absolute Gasteiger partial charge is 0.150 e. The largest absolute Gasteiger partial charge is 0.396 e. The Labute approximate surface area is 193 Å². The van der Waals surface area contributed by atoms with E-state index in [2.05, 4.69) is 64.5 Å². The van der Waals surface area contributed by atoms with E-state index in [1.807, 2.05) is 6.92 Å². The van der Waals surface area contributed by atoms with Gasteiger partial charge in [0.15, 0.2) is 5.65 Å². The van der Waals surface area contributed by atoms with Gasteiger partial charge in [-0.25, -0.2) is 9.97 Å². The molecule has 1 N–H and O–H groups in total. The lowest BCUT2D eigenvalue weighted by atomic mass is 9.99. The summed E-state index contributed by atoms with van der Waals surface area (Å²) in [7, 11) is 0. The van der Waals surface area contributed by atoms with Crippen LogP contribution < -0.4 is 4.90 Å². The van der Waals surface area contributed by atoms with Crippen LogP contribution in [0.4, 0.5) is 5.82 Å². The molecular weight excluding hydrogens is 452 g/mol. The van der Waals surface area contributed by atoms with Gasteiger partial charge in [0.05, 0.1) is 11.1 Å². The monoisotopic (exact) mass is 484 g/mol. The number of hydrogen-bond acceptors (Lipinski definition) is 4. The van der Waals surface area contributed by atoms with Crippen molar-refractivity contribution < 1.29 is 5.11 Å². The van der Waals surface area contributed by atoms with Crippen molar-refractivity contribution in [2.24, 2.45) is 0 Å². The zero-order valence-corrected chi connectivity index (χ0v) is 20.7. The van der Waals surface area contributed by atoms with E-state index >= 15 is 0 Å². The fraction of sp³-hybridized carbons (Fsp3) is 0.520. The molecule has 0 aliphatic carbocycles. The maximum Gasteiger partial charge on any atom is 0.150 e. The number of aryl methyl sites for hydroxylation is 4. The van der Waals surface area contributed by atoms with Crippen molar-refractivity contribution in [2.45, 2.75) is 72.3 Å². The van der Waals surface area contributed by atoms with Crippen LogP contribution in [0.25, 0.3) is 16.7 Å². The van der Waals surface area contributed by atoms with Crippen LogP contribution in [-0.4, -0.2) is 38.8 Å². The Morgan fingerprint density at radius 1 is 1.10 bits per heavy atom. The van der Waals surface area contributed by atoms with Crippen molar-refractivity contribution in [3.05, 3.63) is 45.3 Å². The number of hydrogen-bond donors (Lipinski definition) is 1. The van der Waals surface area contributed by atoms with E-state index in [-0.39, 0.29) is 6.61 Å². The Kier molecular flexibility index (Phi) is 6.68. The standard InChI is InChI=1S/C25H33BrN4O/c1-5-18-13-20(26)14-19(6-2)23(18)30-15-16(3)22-24(27-17(4)28-25(22)30)29-11-8-7-9-21(29)10-12-31/h13-15,21,31H,5-12H2,1-4H3/t21-/m1/s1. The fourth-order valence-electron chi connectivity index (χ4n) is 5.06. The molecule has 6 heteroatoms. The third-order valence-corrected chi connectivity index (χ3v) is 6.98. The van der Waals surface area contributed by atoms with E-state index in [4.69, 9.17) is 9.97 Å². The number of piperidine rings is 1. The number of aliphatic hydroxyl groups excluding tert-OH is 1. The molecule has 0 radical (unpaired) electrons. The van der Waals surface area contributed by atoms with Gasteiger partial charge in [-0.2, -0.15) is 0 Å². The van der Waals surface area contributed by atoms with Gasteiger partial charge in [0, 0.05) is 29.9 Å². The lowest BCUT2D eigenvalue weighted by Crippen LogP contribution is -2.41. The second-order valence-electron chi connectivity index (χ2n) is 8.61. The average molecular weight is 485 g/mol. The highest BCUT2D eigenvalue weighted by Crippen LogP contribution is 2.36. The number of aliphatic hydroxyl groups is 1. The minimum Gasteiger partial charge on any atom is -0.396 e. The summed E-state index contributed by atoms with van der Waals surface area (Å²) in [5.41, 5.74) is 6.07. The summed E-state index contributed by atoms with van der Waals surface area (Å²) < 4.78 is 3.42. The molecule has 31 heavy (non-hydrogen) atoms. The molecule has 2 aromatic heterocycles. The van der Waals surface area contributed by atoms with Gasteiger partial charge < -0.3 is 14.6 Å². The minimum absolute atomic E-state index is 0.215. The number of halogens is 1. The van der Waals surface area contributed by atoms with Gasteiger partial charge in [-0.05, 0) is 81.2 Å². The highest BCUT2D eigenvalue weighted by Gasteiger charge is 2.27. The van der Waals surface area contributed by atoms with E-state index in [0.29, 0.717) is 6.04 Å². The van der Waals surface area contributed by atoms with Gasteiger partial charge in [0.25, 0.3) is 0 Å². The molecule has 1 aliphatic rings. The molecule has 0 bridgehead atoms. The Morgan fingerprint density at radius 2 is 1.81 bits per heavy atom. The molecule has 0 saturated carbocycles. The predicted octanol–water partition coefficient (Wildman–Crippen LogP) is 5.67. The van der Waals surface area contributed by atoms with Gasteiger partial charge in [0.1, 0.15) is 11.6 Å². The van der Waals surface area contributed by atoms with Crippen molar-refractivity contribution in [1.82, 2.24) is 14.5 Å². The average Bonchev–Trinajstić information content (AvgIpc) is 3.08. The van der Waals surface area contributed by atoms with Gasteiger partial charge in [-0.15, -0.1) is 0 Å². The molecule has 1 aliphatic heterocycles. The van der Waals surface area contributed by atoms with Crippen molar-refractivity contribution in [3.63, 3.8) is 0 Å². The number of fused-ring (bicyclic) bond motifs is 1. The maximum atomic E-state index is 9.63. The Balaban J connectivity index is 1.96. The summed E-state index contributed by atoms with van der Waals surface area (Å²) in [4.78, 5) is 12.3. The molecule has 0 spiro atoms. The molecule has 1 atom stereocenters. The first-order valence-corrected chi connectivity index (χ1v) is 12.3. The Morgan fingerprint density at radius 3 is 2.45 bits per heavy atom. The number of nitrogens with zero attached hydrogens (tertiary/aromatic N) is 4. The van der Waals surface area contributed by atoms with E-state index in [1.54, 1.807) is 0 Å². The quantitative estimate of drug-likeness (QED) is 0.489. The molecular formula is C25H33BrN4O. The minimum atomic E-state index is 0.215. The molecule has 3 aromatic rings. The highest BCUT2D eigenvalue weighted by atomic mass is 79.9. The third-order valence-electron chi connectivity index (χ3n) is 6.52. The first-order valence-electron chi connectivity index (χ1n) is 11.5. The summed E-state index contributed by atoms with van der Waals surface area (Å²) in [5.74, 6) is 1.83. The molecule has 1 aromatic carbocycles. The van der Waals surface area contributed by atoms with Crippen LogP contribution in [0.2, 0.25) is 0 Å². The van der Waals surface area contributed by atoms with Crippen molar-refractivity contribution >= 4 is 32.8 Å². The normalized spacial score (nSPS) is 17.0. The van der Waals surface area contributed by atoms with Crippen LogP contribution in [0.3, 0.4) is 0 Å². The van der Waals surface area contributed by atoms with Crippen molar-refractivity contribution in [1.29, 1.82) is 0 Å². The van der Waals surface area contributed by atoms with Crippen LogP contribution in [0.15, 0.2) is 22.8 Å². The SMILES string of the molecule is CCc1cc(Br)cc(CC)c1-n1cc(C)c2c(N3CCCC[C@@H]3CCO)nc(C)nc21. The summed E-state index contributed by atoms with van der Waals surface area (Å²) in [5, 5.41) is 10.8. The molecule has 0 amide bonds. The van der Waals surface area contributed by atoms with Crippen molar-refractivity contribution in [2.75, 3.05) is 18.1 Å². The molecule has 1 fully saturated rings. The predicted molar refractivity (Wildman–Crippen MR) is 131 cm³/mol. The van der Waals surface area contributed by atoms with Gasteiger partial charge in [-0.3, -0.25) is 0 Å². The molecule has 166 valence electrons. The summed E-state index contributed by atoms with van der Waals surface area (Å²) >= 11 is 3.69. The van der Waals surface area contributed by atoms with Crippen LogP contribution >= 0.6 is 15.9 Å². The topological polar surface area (TPSA) is 54.2 Å². The summed E-state index contributed by atoms with van der Waals surface area (Å²) in [6.45, 7) is 9.78. The zero-order chi connectivity index (χ0) is 22.1. The fourth-order valence-corrected chi connectivity index (χ4v) is 5.62. The first-order chi connectivity index (χ1) is 15.0. The van der Waals surface area contributed by atoms with Gasteiger partial charge in [-0.1, -0.05) is 29.8 Å². The highest BCUT2D eigenvalue weighted by molar-refractivity contribution is 9.10. The second kappa shape index (κ2) is 9.29. The van der Waals surface area contributed by atoms with E-state index in [9.17, 15) is 5.11 Å². The van der Waals surface area contributed by atoms with Crippen LogP contribution in [0.5, 0.6) is 0 Å². The lowest BCUT2D eigenvalue weighted by Gasteiger charge is -2.37. The summed E-state index contributed by atoms with van der Waals surface area (Å²) in [6, 6.07) is 4.79. The van der Waals surface area contributed by atoms with E-state index < -0.39 is 0 Å². The Bertz CT molecular complexity index is 1060. The van der Waals surface area contributed by atoms with E-state index in [1.165, 1.54) is 35.2 Å².